The van der Waals surface area contributed by atoms with Crippen LogP contribution < -0.4 is 10.6 Å². The van der Waals surface area contributed by atoms with Crippen molar-refractivity contribution in [1.82, 2.24) is 10.6 Å². The molecule has 2 rings (SSSR count). The number of benzene rings is 1. The number of hydrogen-bond acceptors (Lipinski definition) is 3. The molecule has 2 atom stereocenters. The minimum absolute atomic E-state index is 0.0110. The van der Waals surface area contributed by atoms with Crippen LogP contribution in [-0.2, 0) is 16.0 Å². The van der Waals surface area contributed by atoms with Crippen molar-refractivity contribution in [3.63, 3.8) is 0 Å². The number of nitrogens with one attached hydrogen (secondary N) is 2. The Morgan fingerprint density at radius 1 is 1.21 bits per heavy atom. The molecule has 5 nitrogen and oxygen atoms in total. The van der Waals surface area contributed by atoms with E-state index in [0.29, 0.717) is 6.54 Å². The molecule has 0 radical (unpaired) electrons. The van der Waals surface area contributed by atoms with Crippen molar-refractivity contribution >= 4 is 11.8 Å². The van der Waals surface area contributed by atoms with E-state index in [9.17, 15) is 14.7 Å². The molecule has 24 heavy (non-hydrogen) atoms. The van der Waals surface area contributed by atoms with Gasteiger partial charge in [-0.2, -0.15) is 0 Å². The molecule has 0 spiro atoms. The first-order valence-corrected chi connectivity index (χ1v) is 8.62. The summed E-state index contributed by atoms with van der Waals surface area (Å²) >= 11 is 0. The third kappa shape index (κ3) is 4.81. The molecular formula is C19H28N2O3. The van der Waals surface area contributed by atoms with Crippen molar-refractivity contribution < 1.29 is 14.7 Å². The molecule has 132 valence electrons. The smallest absolute Gasteiger partial charge is 0.245 e. The molecule has 1 aliphatic rings. The van der Waals surface area contributed by atoms with Crippen molar-refractivity contribution in [2.45, 2.75) is 59.1 Å². The van der Waals surface area contributed by atoms with Gasteiger partial charge in [0.25, 0.3) is 0 Å². The third-order valence-electron chi connectivity index (χ3n) is 4.53. The quantitative estimate of drug-likeness (QED) is 0.709. The Hall–Kier alpha value is -1.88. The summed E-state index contributed by atoms with van der Waals surface area (Å²) in [7, 11) is 0. The fraction of sp³-hybridized carbons (Fsp3) is 0.579. The lowest BCUT2D eigenvalue weighted by Gasteiger charge is -2.21. The lowest BCUT2D eigenvalue weighted by molar-refractivity contribution is -0.132. The van der Waals surface area contributed by atoms with Crippen LogP contribution >= 0.6 is 0 Å². The highest BCUT2D eigenvalue weighted by atomic mass is 16.3. The van der Waals surface area contributed by atoms with Gasteiger partial charge in [0.2, 0.25) is 11.8 Å². The van der Waals surface area contributed by atoms with Crippen LogP contribution in [0.3, 0.4) is 0 Å². The Balaban J connectivity index is 1.90. The molecular weight excluding hydrogens is 304 g/mol. The predicted octanol–water partition coefficient (Wildman–Crippen LogP) is 1.55. The summed E-state index contributed by atoms with van der Waals surface area (Å²) in [5, 5.41) is 15.3. The largest absolute Gasteiger partial charge is 0.391 e. The zero-order valence-corrected chi connectivity index (χ0v) is 15.0. The maximum Gasteiger partial charge on any atom is 0.245 e. The monoisotopic (exact) mass is 332 g/mol. The number of aryl methyl sites for hydroxylation is 3. The van der Waals surface area contributed by atoms with Crippen LogP contribution in [0.15, 0.2) is 12.1 Å². The number of rotatable bonds is 7. The van der Waals surface area contributed by atoms with E-state index in [4.69, 9.17) is 0 Å². The van der Waals surface area contributed by atoms with E-state index in [1.165, 1.54) is 29.2 Å². The second kappa shape index (κ2) is 7.79. The molecule has 1 aromatic carbocycles. The molecule has 0 aromatic heterocycles. The maximum absolute atomic E-state index is 12.3. The van der Waals surface area contributed by atoms with Gasteiger partial charge in [-0.05, 0) is 63.6 Å². The molecule has 0 saturated heterocycles. The summed E-state index contributed by atoms with van der Waals surface area (Å²) < 4.78 is 0. The summed E-state index contributed by atoms with van der Waals surface area (Å²) in [6.45, 7) is 8.22. The standard InChI is InChI=1S/C19H28N2O3/c1-11-9-12(2)16(13(3)10-11)7-8-20-19(24)17(14(4)22)21-18(23)15-5-6-15/h9-10,14-15,17,22H,5-8H2,1-4H3,(H,20,24)(H,21,23). The van der Waals surface area contributed by atoms with Gasteiger partial charge >= 0.3 is 0 Å². The van der Waals surface area contributed by atoms with Crippen molar-refractivity contribution in [2.24, 2.45) is 5.92 Å². The summed E-state index contributed by atoms with van der Waals surface area (Å²) in [6, 6.07) is 3.38. The van der Waals surface area contributed by atoms with Crippen LogP contribution in [0.4, 0.5) is 0 Å². The second-order valence-corrected chi connectivity index (χ2v) is 6.92. The Kier molecular flexibility index (Phi) is 5.99. The highest BCUT2D eigenvalue weighted by molar-refractivity contribution is 5.89. The first-order chi connectivity index (χ1) is 11.3. The van der Waals surface area contributed by atoms with Gasteiger partial charge in [-0.3, -0.25) is 9.59 Å². The van der Waals surface area contributed by atoms with E-state index in [1.807, 2.05) is 0 Å². The third-order valence-corrected chi connectivity index (χ3v) is 4.53. The van der Waals surface area contributed by atoms with Crippen LogP contribution in [0.25, 0.3) is 0 Å². The van der Waals surface area contributed by atoms with Gasteiger partial charge in [-0.25, -0.2) is 0 Å². The fourth-order valence-electron chi connectivity index (χ4n) is 3.05. The number of aliphatic hydroxyl groups is 1. The molecule has 0 bridgehead atoms. The minimum Gasteiger partial charge on any atom is -0.391 e. The molecule has 0 heterocycles. The SMILES string of the molecule is Cc1cc(C)c(CCNC(=O)C(NC(=O)C2CC2)C(C)O)c(C)c1. The number of aliphatic hydroxyl groups excluding tert-OH is 1. The second-order valence-electron chi connectivity index (χ2n) is 6.92. The van der Waals surface area contributed by atoms with Gasteiger partial charge in [0.05, 0.1) is 6.10 Å². The van der Waals surface area contributed by atoms with Gasteiger partial charge in [0, 0.05) is 12.5 Å². The molecule has 0 aliphatic heterocycles. The Labute approximate surface area is 143 Å². The van der Waals surface area contributed by atoms with Crippen molar-refractivity contribution in [2.75, 3.05) is 6.54 Å². The zero-order chi connectivity index (χ0) is 17.9. The van der Waals surface area contributed by atoms with E-state index in [-0.39, 0.29) is 17.7 Å². The molecule has 1 aromatic rings. The Morgan fingerprint density at radius 2 is 1.79 bits per heavy atom. The lowest BCUT2D eigenvalue weighted by atomic mass is 9.97. The maximum atomic E-state index is 12.3. The van der Waals surface area contributed by atoms with Crippen LogP contribution in [0.5, 0.6) is 0 Å². The van der Waals surface area contributed by atoms with Gasteiger partial charge in [0.1, 0.15) is 6.04 Å². The number of amides is 2. The summed E-state index contributed by atoms with van der Waals surface area (Å²) in [5.74, 6) is -0.459. The summed E-state index contributed by atoms with van der Waals surface area (Å²) in [6.07, 6.45) is 1.54. The van der Waals surface area contributed by atoms with Crippen molar-refractivity contribution in [3.8, 4) is 0 Å². The summed E-state index contributed by atoms with van der Waals surface area (Å²) in [5.41, 5.74) is 4.90. The van der Waals surface area contributed by atoms with Gasteiger partial charge in [-0.15, -0.1) is 0 Å². The normalized spacial score (nSPS) is 16.4. The van der Waals surface area contributed by atoms with Crippen molar-refractivity contribution in [1.29, 1.82) is 0 Å². The molecule has 3 N–H and O–H groups in total. The zero-order valence-electron chi connectivity index (χ0n) is 15.0. The first kappa shape index (κ1) is 18.5. The average molecular weight is 332 g/mol. The number of carbonyl (C=O) groups excluding carboxylic acids is 2. The Morgan fingerprint density at radius 3 is 2.29 bits per heavy atom. The molecule has 1 aliphatic carbocycles. The topological polar surface area (TPSA) is 78.4 Å². The van der Waals surface area contributed by atoms with Gasteiger partial charge in [0.15, 0.2) is 0 Å². The molecule has 2 amide bonds. The molecule has 1 fully saturated rings. The number of carbonyl (C=O) groups is 2. The Bertz CT molecular complexity index is 598. The van der Waals surface area contributed by atoms with Crippen LogP contribution in [-0.4, -0.2) is 35.6 Å². The highest BCUT2D eigenvalue weighted by Crippen LogP contribution is 2.29. The van der Waals surface area contributed by atoms with Crippen LogP contribution in [0.1, 0.15) is 42.0 Å². The first-order valence-electron chi connectivity index (χ1n) is 8.62. The summed E-state index contributed by atoms with van der Waals surface area (Å²) in [4.78, 5) is 24.1. The lowest BCUT2D eigenvalue weighted by Crippen LogP contribution is -2.53. The predicted molar refractivity (Wildman–Crippen MR) is 93.7 cm³/mol. The molecule has 2 unspecified atom stereocenters. The van der Waals surface area contributed by atoms with Crippen molar-refractivity contribution in [3.05, 3.63) is 34.4 Å². The van der Waals surface area contributed by atoms with Crippen LogP contribution in [0, 0.1) is 26.7 Å². The average Bonchev–Trinajstić information content (AvgIpc) is 3.31. The highest BCUT2D eigenvalue weighted by Gasteiger charge is 2.34. The van der Waals surface area contributed by atoms with E-state index >= 15 is 0 Å². The van der Waals surface area contributed by atoms with E-state index < -0.39 is 12.1 Å². The molecule has 1 saturated carbocycles. The van der Waals surface area contributed by atoms with E-state index in [2.05, 4.69) is 43.5 Å². The van der Waals surface area contributed by atoms with Crippen LogP contribution in [0.2, 0.25) is 0 Å². The van der Waals surface area contributed by atoms with Gasteiger partial charge in [-0.1, -0.05) is 17.7 Å². The minimum atomic E-state index is -0.921. The number of hydrogen-bond donors (Lipinski definition) is 3. The van der Waals surface area contributed by atoms with E-state index in [0.717, 1.165) is 19.3 Å². The molecule has 5 heteroatoms. The van der Waals surface area contributed by atoms with E-state index in [1.54, 1.807) is 0 Å². The fourth-order valence-corrected chi connectivity index (χ4v) is 3.05. The van der Waals surface area contributed by atoms with Gasteiger partial charge < -0.3 is 15.7 Å².